The molecule has 0 aromatic heterocycles. The van der Waals surface area contributed by atoms with Crippen LogP contribution in [-0.4, -0.2) is 19.8 Å². The molecule has 3 nitrogen and oxygen atoms in total. The summed E-state index contributed by atoms with van der Waals surface area (Å²) < 4.78 is 11.0. The summed E-state index contributed by atoms with van der Waals surface area (Å²) in [6.45, 7) is 2.58. The fraction of sp³-hybridized carbons (Fsp3) is 0.467. The minimum absolute atomic E-state index is 0.132. The molecule has 1 rings (SSSR count). The summed E-state index contributed by atoms with van der Waals surface area (Å²) in [6.07, 6.45) is 7.59. The lowest BCUT2D eigenvalue weighted by atomic mass is 10.1. The topological polar surface area (TPSA) is 44.5 Å². The molecule has 1 atom stereocenters. The molecule has 0 bridgehead atoms. The molecule has 3 heteroatoms. The third kappa shape index (κ3) is 4.68. The third-order valence-electron chi connectivity index (χ3n) is 2.51. The van der Waals surface area contributed by atoms with Crippen LogP contribution < -0.4 is 15.2 Å². The number of nitrogens with two attached hydrogens (primary N) is 1. The van der Waals surface area contributed by atoms with Crippen molar-refractivity contribution in [3.05, 3.63) is 23.8 Å². The molecule has 0 radical (unpaired) electrons. The standard InChI is InChI=1S/C15H21NO2/c1-4-5-6-9-18-15-11-13(10-12(2)16)7-8-14(15)17-3/h1,7-8,11-12H,5-6,9-10,16H2,2-3H3. The predicted octanol–water partition coefficient (Wildman–Crippen LogP) is 2.38. The van der Waals surface area contributed by atoms with E-state index in [2.05, 4.69) is 5.92 Å². The van der Waals surface area contributed by atoms with Crippen molar-refractivity contribution in [1.29, 1.82) is 0 Å². The number of terminal acetylenes is 1. The number of benzene rings is 1. The molecule has 0 spiro atoms. The average molecular weight is 247 g/mol. The van der Waals surface area contributed by atoms with Gasteiger partial charge in [-0.25, -0.2) is 0 Å². The van der Waals surface area contributed by atoms with Crippen LogP contribution in [0.25, 0.3) is 0 Å². The fourth-order valence-electron chi connectivity index (χ4n) is 1.69. The summed E-state index contributed by atoms with van der Waals surface area (Å²) in [5, 5.41) is 0. The van der Waals surface area contributed by atoms with Crippen LogP contribution in [0, 0.1) is 12.3 Å². The second-order valence-electron chi connectivity index (χ2n) is 4.32. The molecule has 0 amide bonds. The van der Waals surface area contributed by atoms with Crippen molar-refractivity contribution >= 4 is 0 Å². The first kappa shape index (κ1) is 14.4. The molecule has 0 heterocycles. The zero-order valence-electron chi connectivity index (χ0n) is 11.1. The van der Waals surface area contributed by atoms with E-state index in [0.29, 0.717) is 6.61 Å². The Balaban J connectivity index is 2.69. The van der Waals surface area contributed by atoms with Crippen LogP contribution in [0.3, 0.4) is 0 Å². The number of methoxy groups -OCH3 is 1. The van der Waals surface area contributed by atoms with E-state index in [4.69, 9.17) is 21.6 Å². The van der Waals surface area contributed by atoms with Crippen molar-refractivity contribution in [2.75, 3.05) is 13.7 Å². The van der Waals surface area contributed by atoms with Gasteiger partial charge in [-0.15, -0.1) is 12.3 Å². The van der Waals surface area contributed by atoms with Gasteiger partial charge < -0.3 is 15.2 Å². The quantitative estimate of drug-likeness (QED) is 0.594. The maximum absolute atomic E-state index is 5.79. The average Bonchev–Trinajstić information content (AvgIpc) is 2.34. The summed E-state index contributed by atoms with van der Waals surface area (Å²) in [5.74, 6) is 4.09. The van der Waals surface area contributed by atoms with Crippen LogP contribution >= 0.6 is 0 Å². The Bertz CT molecular complexity index is 407. The van der Waals surface area contributed by atoms with Crippen molar-refractivity contribution < 1.29 is 9.47 Å². The monoisotopic (exact) mass is 247 g/mol. The normalized spacial score (nSPS) is 11.7. The number of unbranched alkanes of at least 4 members (excludes halogenated alkanes) is 1. The lowest BCUT2D eigenvalue weighted by Crippen LogP contribution is -2.17. The van der Waals surface area contributed by atoms with Crippen molar-refractivity contribution in [1.82, 2.24) is 0 Å². The Labute approximate surface area is 109 Å². The molecule has 2 N–H and O–H groups in total. The smallest absolute Gasteiger partial charge is 0.161 e. The van der Waals surface area contributed by atoms with E-state index in [1.165, 1.54) is 0 Å². The van der Waals surface area contributed by atoms with Gasteiger partial charge in [-0.2, -0.15) is 0 Å². The number of ether oxygens (including phenoxy) is 2. The molecule has 1 aromatic carbocycles. The Morgan fingerprint density at radius 3 is 2.78 bits per heavy atom. The zero-order valence-corrected chi connectivity index (χ0v) is 11.1. The molecule has 0 aliphatic rings. The predicted molar refractivity (Wildman–Crippen MR) is 73.9 cm³/mol. The highest BCUT2D eigenvalue weighted by Gasteiger charge is 2.07. The van der Waals surface area contributed by atoms with E-state index in [1.807, 2.05) is 25.1 Å². The van der Waals surface area contributed by atoms with Gasteiger partial charge in [-0.3, -0.25) is 0 Å². The van der Waals surface area contributed by atoms with Crippen LogP contribution in [0.5, 0.6) is 11.5 Å². The van der Waals surface area contributed by atoms with Crippen molar-refractivity contribution in [3.63, 3.8) is 0 Å². The van der Waals surface area contributed by atoms with Crippen LogP contribution in [0.4, 0.5) is 0 Å². The van der Waals surface area contributed by atoms with E-state index in [9.17, 15) is 0 Å². The van der Waals surface area contributed by atoms with Crippen LogP contribution in [-0.2, 0) is 6.42 Å². The fourth-order valence-corrected chi connectivity index (χ4v) is 1.69. The van der Waals surface area contributed by atoms with Gasteiger partial charge in [0, 0.05) is 12.5 Å². The molecule has 0 aliphatic heterocycles. The van der Waals surface area contributed by atoms with Crippen LogP contribution in [0.15, 0.2) is 18.2 Å². The maximum atomic E-state index is 5.79. The van der Waals surface area contributed by atoms with Crippen LogP contribution in [0.1, 0.15) is 25.3 Å². The maximum Gasteiger partial charge on any atom is 0.161 e. The van der Waals surface area contributed by atoms with Crippen molar-refractivity contribution in [2.24, 2.45) is 5.73 Å². The van der Waals surface area contributed by atoms with Gasteiger partial charge in [0.1, 0.15) is 0 Å². The molecule has 18 heavy (non-hydrogen) atoms. The summed E-state index contributed by atoms with van der Waals surface area (Å²) in [6, 6.07) is 6.04. The summed E-state index contributed by atoms with van der Waals surface area (Å²) in [7, 11) is 1.63. The molecule has 0 saturated carbocycles. The second-order valence-corrected chi connectivity index (χ2v) is 4.32. The highest BCUT2D eigenvalue weighted by Crippen LogP contribution is 2.28. The van der Waals surface area contributed by atoms with Gasteiger partial charge in [0.25, 0.3) is 0 Å². The van der Waals surface area contributed by atoms with Gasteiger partial charge in [-0.1, -0.05) is 6.07 Å². The first-order chi connectivity index (χ1) is 8.67. The first-order valence-electron chi connectivity index (χ1n) is 6.16. The summed E-state index contributed by atoms with van der Waals surface area (Å²) in [4.78, 5) is 0. The SMILES string of the molecule is C#CCCCOc1cc(CC(C)N)ccc1OC. The van der Waals surface area contributed by atoms with E-state index < -0.39 is 0 Å². The Hall–Kier alpha value is -1.66. The van der Waals surface area contributed by atoms with E-state index >= 15 is 0 Å². The number of hydrogen-bond acceptors (Lipinski definition) is 3. The number of hydrogen-bond donors (Lipinski definition) is 1. The Kier molecular flexibility index (Phi) is 6.10. The minimum Gasteiger partial charge on any atom is -0.493 e. The zero-order chi connectivity index (χ0) is 13.4. The van der Waals surface area contributed by atoms with Gasteiger partial charge in [0.15, 0.2) is 11.5 Å². The first-order valence-corrected chi connectivity index (χ1v) is 6.16. The van der Waals surface area contributed by atoms with Crippen molar-refractivity contribution in [2.45, 2.75) is 32.2 Å². The molecule has 1 unspecified atom stereocenters. The molecule has 0 saturated heterocycles. The van der Waals surface area contributed by atoms with E-state index in [0.717, 1.165) is 36.3 Å². The Morgan fingerprint density at radius 1 is 1.39 bits per heavy atom. The van der Waals surface area contributed by atoms with Gasteiger partial charge in [0.2, 0.25) is 0 Å². The second kappa shape index (κ2) is 7.62. The van der Waals surface area contributed by atoms with Crippen molar-refractivity contribution in [3.8, 4) is 23.8 Å². The molecule has 98 valence electrons. The lowest BCUT2D eigenvalue weighted by molar-refractivity contribution is 0.290. The van der Waals surface area contributed by atoms with E-state index in [-0.39, 0.29) is 6.04 Å². The highest BCUT2D eigenvalue weighted by atomic mass is 16.5. The third-order valence-corrected chi connectivity index (χ3v) is 2.51. The molecular weight excluding hydrogens is 226 g/mol. The molecular formula is C15H21NO2. The lowest BCUT2D eigenvalue weighted by Gasteiger charge is -2.13. The van der Waals surface area contributed by atoms with Gasteiger partial charge in [-0.05, 0) is 37.5 Å². The molecule has 1 aromatic rings. The van der Waals surface area contributed by atoms with E-state index in [1.54, 1.807) is 7.11 Å². The summed E-state index contributed by atoms with van der Waals surface area (Å²) in [5.41, 5.74) is 6.94. The molecule has 0 aliphatic carbocycles. The highest BCUT2D eigenvalue weighted by molar-refractivity contribution is 5.43. The van der Waals surface area contributed by atoms with Gasteiger partial charge >= 0.3 is 0 Å². The largest absolute Gasteiger partial charge is 0.493 e. The molecule has 0 fully saturated rings. The minimum atomic E-state index is 0.132. The van der Waals surface area contributed by atoms with Crippen LogP contribution in [0.2, 0.25) is 0 Å². The summed E-state index contributed by atoms with van der Waals surface area (Å²) >= 11 is 0. The number of rotatable bonds is 7. The Morgan fingerprint density at radius 2 is 2.17 bits per heavy atom. The van der Waals surface area contributed by atoms with Gasteiger partial charge in [0.05, 0.1) is 13.7 Å².